The molecule has 0 N–H and O–H groups in total. The summed E-state index contributed by atoms with van der Waals surface area (Å²) in [5.74, 6) is 0. The summed E-state index contributed by atoms with van der Waals surface area (Å²) in [6.07, 6.45) is 4.08. The van der Waals surface area contributed by atoms with Crippen LogP contribution in [0.15, 0.2) is 97.1 Å². The summed E-state index contributed by atoms with van der Waals surface area (Å²) in [6.45, 7) is 27.8. The van der Waals surface area contributed by atoms with Crippen molar-refractivity contribution in [3.8, 4) is 0 Å². The van der Waals surface area contributed by atoms with E-state index >= 15 is 0 Å². The summed E-state index contributed by atoms with van der Waals surface area (Å²) in [5, 5.41) is 11.1. The maximum Gasteiger partial charge on any atom is 2.00 e. The summed E-state index contributed by atoms with van der Waals surface area (Å²) in [6, 6.07) is 34.9. The normalized spacial score (nSPS) is 10.9. The van der Waals surface area contributed by atoms with Gasteiger partial charge in [-0.05, 0) is 47.1 Å². The van der Waals surface area contributed by atoms with Crippen LogP contribution >= 0.6 is 15.8 Å². The third kappa shape index (κ3) is 15.0. The molecule has 1 radical (unpaired) electrons. The van der Waals surface area contributed by atoms with Gasteiger partial charge in [-0.1, -0.05) is 213 Å². The van der Waals surface area contributed by atoms with Crippen LogP contribution in [0.2, 0.25) is 0 Å². The van der Waals surface area contributed by atoms with E-state index in [1.54, 1.807) is 0 Å². The van der Waals surface area contributed by atoms with E-state index in [1.807, 2.05) is 0 Å². The van der Waals surface area contributed by atoms with Gasteiger partial charge in [0.1, 0.15) is 0 Å². The Labute approximate surface area is 311 Å². The first-order valence-corrected chi connectivity index (χ1v) is 21.7. The van der Waals surface area contributed by atoms with Gasteiger partial charge in [0, 0.05) is 0 Å². The van der Waals surface area contributed by atoms with Gasteiger partial charge in [-0.2, -0.15) is 0 Å². The van der Waals surface area contributed by atoms with Gasteiger partial charge >= 0.3 is 16.5 Å². The smallest absolute Gasteiger partial charge is 0.657 e. The molecule has 4 aromatic rings. The molecule has 4 rings (SSSR count). The van der Waals surface area contributed by atoms with Gasteiger partial charge in [0.05, 0.1) is 0 Å². The quantitative estimate of drug-likeness (QED) is 0.101. The molecular formula is C43H62NNiP2Si. The summed E-state index contributed by atoms with van der Waals surface area (Å²) >= 11 is 0. The van der Waals surface area contributed by atoms with Crippen molar-refractivity contribution in [1.82, 2.24) is 0 Å². The van der Waals surface area contributed by atoms with Crippen LogP contribution in [-0.2, 0) is 16.5 Å². The number of hydrogen-bond donors (Lipinski definition) is 0. The third-order valence-corrected chi connectivity index (χ3v) is 15.4. The monoisotopic (exact) mass is 740 g/mol. The predicted octanol–water partition coefficient (Wildman–Crippen LogP) is 12.0. The number of rotatable bonds is 12. The van der Waals surface area contributed by atoms with Crippen molar-refractivity contribution in [2.45, 2.75) is 125 Å². The van der Waals surface area contributed by atoms with Crippen molar-refractivity contribution in [2.24, 2.45) is 0 Å². The molecule has 0 heterocycles. The fourth-order valence-electron chi connectivity index (χ4n) is 5.87. The van der Waals surface area contributed by atoms with Gasteiger partial charge < -0.3 is 14.8 Å². The van der Waals surface area contributed by atoms with Crippen LogP contribution in [0.25, 0.3) is 5.32 Å². The summed E-state index contributed by atoms with van der Waals surface area (Å²) in [7, 11) is 0.274. The fourth-order valence-corrected chi connectivity index (χ4v) is 13.0. The number of hydrogen-bond acceptors (Lipinski definition) is 0. The first kappa shape index (κ1) is 44.3. The van der Waals surface area contributed by atoms with Gasteiger partial charge in [0.15, 0.2) is 0 Å². The Morgan fingerprint density at radius 1 is 0.521 bits per heavy atom. The van der Waals surface area contributed by atoms with Crippen LogP contribution in [0.1, 0.15) is 99.6 Å². The maximum atomic E-state index is 5.33. The molecule has 0 aliphatic heterocycles. The summed E-state index contributed by atoms with van der Waals surface area (Å²) in [4.78, 5) is 0. The molecule has 5 heteroatoms. The van der Waals surface area contributed by atoms with Crippen LogP contribution in [0.3, 0.4) is 0 Å². The largest absolute Gasteiger partial charge is 2.00 e. The molecule has 0 bridgehead atoms. The topological polar surface area (TPSA) is 14.1 Å². The minimum atomic E-state index is -0.251. The Hall–Kier alpha value is -1.75. The zero-order valence-corrected chi connectivity index (χ0v) is 35.6. The van der Waals surface area contributed by atoms with Crippen molar-refractivity contribution >= 4 is 57.7 Å². The standard InChI is InChI=1S/C26H40NP2.C12H10Si.C5H12.Ni/c1-17(2)28(18(3)4)25-15-21(9)11-13-23(25)27-24-14-12-22(10)16-26(24)29(19(5)6)20(7)8;1-3-7-11(8-4-1)13-12-9-5-2-6-10-12;1-3-5-4-2;/h11-20H,1-10H3;1-10H;3-5H2,1-2H3;/q2*-1;;+2. The second kappa shape index (κ2) is 23.6. The van der Waals surface area contributed by atoms with Crippen molar-refractivity contribution in [1.29, 1.82) is 0 Å². The van der Waals surface area contributed by atoms with E-state index < -0.39 is 0 Å². The maximum absolute atomic E-state index is 5.33. The van der Waals surface area contributed by atoms with E-state index in [9.17, 15) is 0 Å². The minimum Gasteiger partial charge on any atom is -0.657 e. The van der Waals surface area contributed by atoms with Gasteiger partial charge in [0.2, 0.25) is 0 Å². The Morgan fingerprint density at radius 2 is 0.854 bits per heavy atom. The van der Waals surface area contributed by atoms with Crippen LogP contribution in [0.5, 0.6) is 0 Å². The first-order chi connectivity index (χ1) is 22.4. The first-order valence-electron chi connectivity index (χ1n) is 17.8. The molecule has 0 unspecified atom stereocenters. The van der Waals surface area contributed by atoms with Crippen LogP contribution in [0, 0.1) is 13.8 Å². The number of unbranched alkanes of at least 4 members (excludes halogenated alkanes) is 2. The molecule has 0 saturated carbocycles. The average molecular weight is 742 g/mol. The molecule has 0 fully saturated rings. The Balaban J connectivity index is 0.000000497. The molecule has 0 aliphatic carbocycles. The molecule has 0 saturated heterocycles. The van der Waals surface area contributed by atoms with Crippen LogP contribution < -0.4 is 21.0 Å². The number of benzene rings is 4. The second-order valence-corrected chi connectivity index (χ2v) is 21.6. The van der Waals surface area contributed by atoms with E-state index in [-0.39, 0.29) is 32.3 Å². The van der Waals surface area contributed by atoms with Crippen LogP contribution in [-0.4, -0.2) is 32.2 Å². The zero-order chi connectivity index (χ0) is 34.9. The fraction of sp³-hybridized carbons (Fsp3) is 0.442. The molecule has 4 aromatic carbocycles. The Bertz CT molecular complexity index is 1300. The average Bonchev–Trinajstić information content (AvgIpc) is 3.01. The van der Waals surface area contributed by atoms with Gasteiger partial charge in [-0.25, -0.2) is 10.4 Å². The summed E-state index contributed by atoms with van der Waals surface area (Å²) in [5.41, 5.74) is 7.65. The molecule has 1 nitrogen and oxygen atoms in total. The summed E-state index contributed by atoms with van der Waals surface area (Å²) < 4.78 is 0. The Morgan fingerprint density at radius 3 is 1.12 bits per heavy atom. The van der Waals surface area contributed by atoms with E-state index in [4.69, 9.17) is 5.32 Å². The molecule has 48 heavy (non-hydrogen) atoms. The number of aryl methyl sites for hydroxylation is 2. The van der Waals surface area contributed by atoms with Gasteiger partial charge in [-0.15, -0.1) is 11.4 Å². The van der Waals surface area contributed by atoms with E-state index in [0.29, 0.717) is 22.6 Å². The Kier molecular flexibility index (Phi) is 21.8. The molecule has 0 amide bonds. The van der Waals surface area contributed by atoms with Crippen LogP contribution in [0.4, 0.5) is 11.4 Å². The van der Waals surface area contributed by atoms with Crippen molar-refractivity contribution < 1.29 is 16.5 Å². The molecular weight excluding hydrogens is 679 g/mol. The molecule has 0 aliphatic rings. The second-order valence-electron chi connectivity index (χ2n) is 13.5. The SMILES string of the molecule is CCCCC.Cc1ccc([N-]c2ccc(C)cc2P(C(C)C)C(C)C)c(P(C(C)C)C(C)C)c1.[Ni+2].c1ccc([Si-]c2ccccc2)cc1. The van der Waals surface area contributed by atoms with Gasteiger partial charge in [0.25, 0.3) is 0 Å². The molecule has 0 aromatic heterocycles. The van der Waals surface area contributed by atoms with Gasteiger partial charge in [-0.3, -0.25) is 0 Å². The number of nitrogens with zero attached hydrogens (tertiary/aromatic N) is 1. The minimum absolute atomic E-state index is 0. The van der Waals surface area contributed by atoms with Crippen molar-refractivity contribution in [3.63, 3.8) is 0 Å². The van der Waals surface area contributed by atoms with Crippen molar-refractivity contribution in [3.05, 3.63) is 114 Å². The van der Waals surface area contributed by atoms with E-state index in [1.165, 1.54) is 62.7 Å². The zero-order valence-electron chi connectivity index (χ0n) is 31.8. The predicted molar refractivity (Wildman–Crippen MR) is 222 cm³/mol. The molecule has 263 valence electrons. The van der Waals surface area contributed by atoms with E-state index in [0.717, 1.165) is 9.52 Å². The third-order valence-electron chi connectivity index (χ3n) is 7.83. The molecule has 0 spiro atoms. The van der Waals surface area contributed by atoms with Crippen molar-refractivity contribution in [2.75, 3.05) is 0 Å². The van der Waals surface area contributed by atoms with E-state index in [2.05, 4.69) is 180 Å². The molecule has 0 atom stereocenters.